The van der Waals surface area contributed by atoms with E-state index in [1.807, 2.05) is 32.0 Å². The molecule has 0 unspecified atom stereocenters. The molecule has 0 atom stereocenters. The average Bonchev–Trinajstić information content (AvgIpc) is 3.01. The molecular weight excluding hydrogens is 288 g/mol. The molecule has 1 aromatic carbocycles. The highest BCUT2D eigenvalue weighted by Gasteiger charge is 2.19. The van der Waals surface area contributed by atoms with Gasteiger partial charge in [0.15, 0.2) is 4.96 Å². The van der Waals surface area contributed by atoms with Crippen LogP contribution in [0.2, 0.25) is 0 Å². The van der Waals surface area contributed by atoms with Crippen molar-refractivity contribution < 1.29 is 14.6 Å². The summed E-state index contributed by atoms with van der Waals surface area (Å²) < 4.78 is 7.59. The first-order chi connectivity index (χ1) is 10.1. The summed E-state index contributed by atoms with van der Waals surface area (Å²) in [6.45, 7) is 4.16. The summed E-state index contributed by atoms with van der Waals surface area (Å²) in [5, 5.41) is 9.29. The molecule has 108 valence electrons. The van der Waals surface area contributed by atoms with E-state index < -0.39 is 5.97 Å². The molecule has 0 aliphatic carbocycles. The second-order valence-corrected chi connectivity index (χ2v) is 5.80. The minimum atomic E-state index is -0.954. The van der Waals surface area contributed by atoms with Crippen LogP contribution in [-0.4, -0.2) is 20.5 Å². The smallest absolute Gasteiger partial charge is 0.347 e. The van der Waals surface area contributed by atoms with Gasteiger partial charge in [-0.1, -0.05) is 23.5 Å². The van der Waals surface area contributed by atoms with Crippen LogP contribution in [0.4, 0.5) is 0 Å². The topological polar surface area (TPSA) is 63.8 Å². The first kappa shape index (κ1) is 13.6. The van der Waals surface area contributed by atoms with Crippen molar-refractivity contribution in [2.45, 2.75) is 20.5 Å². The number of thiazole rings is 1. The van der Waals surface area contributed by atoms with Gasteiger partial charge in [0.2, 0.25) is 0 Å². The summed E-state index contributed by atoms with van der Waals surface area (Å²) >= 11 is 1.15. The monoisotopic (exact) mass is 302 g/mol. The van der Waals surface area contributed by atoms with Gasteiger partial charge in [0.05, 0.1) is 5.69 Å². The fraction of sp³-hybridized carbons (Fsp3) is 0.200. The van der Waals surface area contributed by atoms with Gasteiger partial charge in [-0.15, -0.1) is 0 Å². The van der Waals surface area contributed by atoms with Crippen LogP contribution in [0.3, 0.4) is 0 Å². The molecule has 0 saturated heterocycles. The van der Waals surface area contributed by atoms with Crippen molar-refractivity contribution in [1.82, 2.24) is 9.38 Å². The van der Waals surface area contributed by atoms with Crippen LogP contribution >= 0.6 is 11.3 Å². The van der Waals surface area contributed by atoms with E-state index in [0.29, 0.717) is 10.7 Å². The van der Waals surface area contributed by atoms with Gasteiger partial charge in [-0.2, -0.15) is 0 Å². The molecule has 0 radical (unpaired) electrons. The third kappa shape index (κ3) is 2.50. The second kappa shape index (κ2) is 5.21. The quantitative estimate of drug-likeness (QED) is 0.803. The number of carboxylic acid groups (broad SMARTS) is 1. The van der Waals surface area contributed by atoms with Gasteiger partial charge in [-0.3, -0.25) is 4.40 Å². The highest BCUT2D eigenvalue weighted by atomic mass is 32.1. The van der Waals surface area contributed by atoms with E-state index in [1.165, 1.54) is 0 Å². The summed E-state index contributed by atoms with van der Waals surface area (Å²) in [6, 6.07) is 5.96. The van der Waals surface area contributed by atoms with Crippen molar-refractivity contribution in [1.29, 1.82) is 0 Å². The van der Waals surface area contributed by atoms with Gasteiger partial charge in [-0.05, 0) is 31.0 Å². The molecule has 0 fully saturated rings. The molecule has 3 rings (SSSR count). The van der Waals surface area contributed by atoms with Crippen LogP contribution in [0.5, 0.6) is 5.75 Å². The van der Waals surface area contributed by atoms with Crippen molar-refractivity contribution in [2.24, 2.45) is 0 Å². The molecule has 0 spiro atoms. The number of aromatic carboxylic acids is 1. The zero-order valence-corrected chi connectivity index (χ0v) is 12.5. The molecule has 21 heavy (non-hydrogen) atoms. The number of hydrogen-bond donors (Lipinski definition) is 1. The summed E-state index contributed by atoms with van der Waals surface area (Å²) in [5.74, 6) is -0.184. The van der Waals surface area contributed by atoms with Gasteiger partial charge >= 0.3 is 5.97 Å². The Bertz CT molecular complexity index is 820. The van der Waals surface area contributed by atoms with Gasteiger partial charge in [0, 0.05) is 12.4 Å². The molecule has 0 aliphatic rings. The van der Waals surface area contributed by atoms with E-state index >= 15 is 0 Å². The molecule has 1 N–H and O–H groups in total. The third-order valence-corrected chi connectivity index (χ3v) is 4.35. The van der Waals surface area contributed by atoms with Crippen molar-refractivity contribution >= 4 is 22.3 Å². The normalized spacial score (nSPS) is 11.0. The van der Waals surface area contributed by atoms with Crippen LogP contribution in [-0.2, 0) is 6.61 Å². The summed E-state index contributed by atoms with van der Waals surface area (Å²) in [6.07, 6.45) is 3.40. The van der Waals surface area contributed by atoms with E-state index in [-0.39, 0.29) is 11.5 Å². The lowest BCUT2D eigenvalue weighted by atomic mass is 10.1. The molecule has 3 aromatic rings. The molecule has 5 nitrogen and oxygen atoms in total. The van der Waals surface area contributed by atoms with Crippen LogP contribution in [0.25, 0.3) is 4.96 Å². The number of benzene rings is 1. The second-order valence-electron chi connectivity index (χ2n) is 4.82. The Hall–Kier alpha value is -2.34. The fourth-order valence-electron chi connectivity index (χ4n) is 2.14. The number of carboxylic acids is 1. The Morgan fingerprint density at radius 2 is 2.24 bits per heavy atom. The van der Waals surface area contributed by atoms with Gasteiger partial charge in [-0.25, -0.2) is 9.78 Å². The minimum Gasteiger partial charge on any atom is -0.487 e. The Morgan fingerprint density at radius 1 is 1.43 bits per heavy atom. The number of carbonyl (C=O) groups is 1. The molecule has 6 heteroatoms. The Labute approximate surface area is 125 Å². The molecule has 0 aliphatic heterocycles. The average molecular weight is 302 g/mol. The van der Waals surface area contributed by atoms with Crippen molar-refractivity contribution in [3.63, 3.8) is 0 Å². The van der Waals surface area contributed by atoms with Crippen molar-refractivity contribution in [2.75, 3.05) is 0 Å². The zero-order chi connectivity index (χ0) is 15.0. The van der Waals surface area contributed by atoms with E-state index in [9.17, 15) is 9.90 Å². The number of imidazole rings is 1. The summed E-state index contributed by atoms with van der Waals surface area (Å²) in [4.78, 5) is 16.4. The maximum atomic E-state index is 11.3. The first-order valence-electron chi connectivity index (χ1n) is 6.44. The SMILES string of the molecule is Cc1ccc(C)c(OCc2c(C(=O)O)sc3nccn23)c1. The number of aryl methyl sites for hydroxylation is 2. The van der Waals surface area contributed by atoms with Crippen LogP contribution < -0.4 is 4.74 Å². The predicted octanol–water partition coefficient (Wildman–Crippen LogP) is 3.29. The molecular formula is C15H14N2O3S. The number of nitrogens with zero attached hydrogens (tertiary/aromatic N) is 2. The Morgan fingerprint density at radius 3 is 3.00 bits per heavy atom. The largest absolute Gasteiger partial charge is 0.487 e. The number of aromatic nitrogens is 2. The fourth-order valence-corrected chi connectivity index (χ4v) is 3.07. The minimum absolute atomic E-state index is 0.197. The standard InChI is InChI=1S/C15H14N2O3S/c1-9-3-4-10(2)12(7-9)20-8-11-13(14(18)19)21-15-16-5-6-17(11)15/h3-7H,8H2,1-2H3,(H,18,19). The molecule has 2 heterocycles. The maximum absolute atomic E-state index is 11.3. The van der Waals surface area contributed by atoms with Crippen molar-refractivity contribution in [3.8, 4) is 5.75 Å². The van der Waals surface area contributed by atoms with E-state index in [2.05, 4.69) is 4.98 Å². The van der Waals surface area contributed by atoms with Gasteiger partial charge in [0.1, 0.15) is 17.2 Å². The predicted molar refractivity (Wildman–Crippen MR) is 80.3 cm³/mol. The first-order valence-corrected chi connectivity index (χ1v) is 7.26. The lowest BCUT2D eigenvalue weighted by molar-refractivity contribution is 0.0698. The molecule has 0 amide bonds. The highest BCUT2D eigenvalue weighted by Crippen LogP contribution is 2.25. The van der Waals surface area contributed by atoms with E-state index in [1.54, 1.807) is 16.8 Å². The number of ether oxygens (including phenoxy) is 1. The van der Waals surface area contributed by atoms with Crippen LogP contribution in [0.15, 0.2) is 30.6 Å². The lowest BCUT2D eigenvalue weighted by Gasteiger charge is -2.10. The highest BCUT2D eigenvalue weighted by molar-refractivity contribution is 7.18. The molecule has 0 bridgehead atoms. The number of hydrogen-bond acceptors (Lipinski definition) is 4. The zero-order valence-electron chi connectivity index (χ0n) is 11.7. The number of rotatable bonds is 4. The Kier molecular flexibility index (Phi) is 3.39. The van der Waals surface area contributed by atoms with Crippen molar-refractivity contribution in [3.05, 3.63) is 52.3 Å². The number of fused-ring (bicyclic) bond motifs is 1. The van der Waals surface area contributed by atoms with Gasteiger partial charge < -0.3 is 9.84 Å². The molecule has 0 saturated carbocycles. The van der Waals surface area contributed by atoms with Crippen LogP contribution in [0, 0.1) is 13.8 Å². The van der Waals surface area contributed by atoms with Crippen LogP contribution in [0.1, 0.15) is 26.5 Å². The summed E-state index contributed by atoms with van der Waals surface area (Å²) in [5.41, 5.74) is 2.74. The summed E-state index contributed by atoms with van der Waals surface area (Å²) in [7, 11) is 0. The van der Waals surface area contributed by atoms with E-state index in [0.717, 1.165) is 28.2 Å². The Balaban J connectivity index is 1.94. The third-order valence-electron chi connectivity index (χ3n) is 3.26. The maximum Gasteiger partial charge on any atom is 0.347 e. The van der Waals surface area contributed by atoms with E-state index in [4.69, 9.17) is 4.74 Å². The van der Waals surface area contributed by atoms with Gasteiger partial charge in [0.25, 0.3) is 0 Å². The lowest BCUT2D eigenvalue weighted by Crippen LogP contribution is -2.06. The molecule has 2 aromatic heterocycles.